The number of nitrogens with zero attached hydrogens (tertiary/aromatic N) is 2. The van der Waals surface area contributed by atoms with Gasteiger partial charge in [0.05, 0.1) is 25.3 Å². The van der Waals surface area contributed by atoms with Crippen molar-refractivity contribution in [2.75, 3.05) is 20.7 Å². The van der Waals surface area contributed by atoms with Gasteiger partial charge in [-0.15, -0.1) is 0 Å². The van der Waals surface area contributed by atoms with Crippen LogP contribution in [0, 0.1) is 5.92 Å². The predicted octanol–water partition coefficient (Wildman–Crippen LogP) is 2.93. The highest BCUT2D eigenvalue weighted by molar-refractivity contribution is 5.86. The Morgan fingerprint density at radius 1 is 1.36 bits per heavy atom. The van der Waals surface area contributed by atoms with Crippen molar-refractivity contribution in [2.24, 2.45) is 5.92 Å². The van der Waals surface area contributed by atoms with Gasteiger partial charge in [-0.1, -0.05) is 6.92 Å². The predicted molar refractivity (Wildman–Crippen MR) is 93.5 cm³/mol. The highest BCUT2D eigenvalue weighted by Gasteiger charge is 2.19. The lowest BCUT2D eigenvalue weighted by Gasteiger charge is -2.21. The molecular formula is C18H25N3O4. The third-order valence-electron chi connectivity index (χ3n) is 4.08. The number of esters is 1. The van der Waals surface area contributed by atoms with Crippen LogP contribution in [-0.2, 0) is 4.74 Å². The first-order valence-corrected chi connectivity index (χ1v) is 8.36. The molecule has 2 heterocycles. The molecule has 0 bridgehead atoms. The van der Waals surface area contributed by atoms with Gasteiger partial charge in [-0.3, -0.25) is 0 Å². The lowest BCUT2D eigenvalue weighted by molar-refractivity contribution is 0.0583. The summed E-state index contributed by atoms with van der Waals surface area (Å²) in [7, 11) is 3.24. The number of aromatic nitrogens is 2. The van der Waals surface area contributed by atoms with Gasteiger partial charge in [0.25, 0.3) is 0 Å². The highest BCUT2D eigenvalue weighted by atomic mass is 16.5. The molecule has 7 nitrogen and oxygen atoms in total. The van der Waals surface area contributed by atoms with Crippen LogP contribution in [-0.4, -0.2) is 42.7 Å². The minimum atomic E-state index is -0.607. The van der Waals surface area contributed by atoms with E-state index in [2.05, 4.69) is 22.2 Å². The van der Waals surface area contributed by atoms with Crippen LogP contribution in [0.4, 0.5) is 0 Å². The zero-order chi connectivity index (χ0) is 18.2. The Labute approximate surface area is 147 Å². The molecule has 0 radical (unpaired) electrons. The van der Waals surface area contributed by atoms with Crippen LogP contribution in [0.25, 0.3) is 11.3 Å². The fraction of sp³-hybridized carbons (Fsp3) is 0.500. The molecule has 25 heavy (non-hydrogen) atoms. The lowest BCUT2D eigenvalue weighted by Crippen LogP contribution is -2.23. The molecule has 0 aliphatic carbocycles. The van der Waals surface area contributed by atoms with Gasteiger partial charge in [0, 0.05) is 11.6 Å². The van der Waals surface area contributed by atoms with Crippen LogP contribution in [0.5, 0.6) is 5.88 Å². The van der Waals surface area contributed by atoms with E-state index >= 15 is 0 Å². The number of rotatable bonds is 9. The van der Waals surface area contributed by atoms with Gasteiger partial charge in [-0.2, -0.15) is 4.98 Å². The average Bonchev–Trinajstić information content (AvgIpc) is 3.15. The van der Waals surface area contributed by atoms with Gasteiger partial charge < -0.3 is 19.2 Å². The van der Waals surface area contributed by atoms with Crippen molar-refractivity contribution in [2.45, 2.75) is 32.8 Å². The van der Waals surface area contributed by atoms with Gasteiger partial charge in [0.2, 0.25) is 11.7 Å². The molecule has 1 N–H and O–H groups in total. The van der Waals surface area contributed by atoms with E-state index in [0.717, 1.165) is 24.9 Å². The normalized spacial score (nSPS) is 13.3. The Morgan fingerprint density at radius 3 is 2.80 bits per heavy atom. The first-order valence-electron chi connectivity index (χ1n) is 8.36. The summed E-state index contributed by atoms with van der Waals surface area (Å²) < 4.78 is 15.8. The van der Waals surface area contributed by atoms with Crippen molar-refractivity contribution in [3.63, 3.8) is 0 Å². The first-order chi connectivity index (χ1) is 12.0. The van der Waals surface area contributed by atoms with E-state index in [9.17, 15) is 4.79 Å². The second kappa shape index (κ2) is 9.17. The number of furan rings is 1. The molecule has 0 amide bonds. The van der Waals surface area contributed by atoms with Crippen molar-refractivity contribution in [1.29, 1.82) is 0 Å². The van der Waals surface area contributed by atoms with Crippen LogP contribution >= 0.6 is 0 Å². The van der Waals surface area contributed by atoms with Crippen LogP contribution in [0.1, 0.15) is 37.3 Å². The average molecular weight is 347 g/mol. The molecule has 0 spiro atoms. The third-order valence-corrected chi connectivity index (χ3v) is 4.08. The summed E-state index contributed by atoms with van der Waals surface area (Å²) in [6.07, 6.45) is 5.16. The van der Waals surface area contributed by atoms with E-state index in [0.29, 0.717) is 17.5 Å². The molecule has 2 aromatic heterocycles. The van der Waals surface area contributed by atoms with E-state index in [1.807, 2.05) is 14.0 Å². The van der Waals surface area contributed by atoms with Gasteiger partial charge in [0.1, 0.15) is 6.10 Å². The van der Waals surface area contributed by atoms with Crippen molar-refractivity contribution in [3.8, 4) is 17.1 Å². The zero-order valence-corrected chi connectivity index (χ0v) is 15.1. The lowest BCUT2D eigenvalue weighted by atomic mass is 10.00. The molecular weight excluding hydrogens is 322 g/mol. The molecule has 2 aromatic rings. The van der Waals surface area contributed by atoms with Crippen molar-refractivity contribution in [3.05, 3.63) is 30.5 Å². The summed E-state index contributed by atoms with van der Waals surface area (Å²) in [6, 6.07) is 3.46. The van der Waals surface area contributed by atoms with Crippen LogP contribution in [0.15, 0.2) is 29.1 Å². The van der Waals surface area contributed by atoms with Crippen molar-refractivity contribution < 1.29 is 18.7 Å². The van der Waals surface area contributed by atoms with Gasteiger partial charge in [-0.25, -0.2) is 9.78 Å². The van der Waals surface area contributed by atoms with Crippen molar-refractivity contribution >= 4 is 5.97 Å². The second-order valence-electron chi connectivity index (χ2n) is 5.96. The Hall–Kier alpha value is -2.41. The van der Waals surface area contributed by atoms with Crippen LogP contribution in [0.2, 0.25) is 0 Å². The summed E-state index contributed by atoms with van der Waals surface area (Å²) in [5.41, 5.74) is 1.29. The number of nitrogens with one attached hydrogen (secondary N) is 1. The number of ether oxygens (including phenoxy) is 2. The molecule has 2 rings (SSSR count). The molecule has 0 saturated carbocycles. The maximum atomic E-state index is 11.8. The highest BCUT2D eigenvalue weighted by Crippen LogP contribution is 2.24. The van der Waals surface area contributed by atoms with E-state index in [1.165, 1.54) is 7.11 Å². The van der Waals surface area contributed by atoms with Crippen LogP contribution in [0.3, 0.4) is 0 Å². The Balaban J connectivity index is 2.18. The number of methoxy groups -OCH3 is 1. The molecule has 136 valence electrons. The molecule has 0 aliphatic rings. The van der Waals surface area contributed by atoms with Crippen molar-refractivity contribution in [1.82, 2.24) is 15.3 Å². The van der Waals surface area contributed by atoms with E-state index in [1.54, 1.807) is 24.7 Å². The standard InChI is InChI=1S/C18H25N3O4/c1-12(6-5-8-19-3)13(2)25-16-10-15(14-7-9-24-11-14)20-17(21-16)18(22)23-4/h7,9-13,19H,5-6,8H2,1-4H3/t12-,13-/m0/s1. The minimum Gasteiger partial charge on any atom is -0.474 e. The topological polar surface area (TPSA) is 86.5 Å². The number of carbonyl (C=O) groups is 1. The molecule has 0 saturated heterocycles. The Kier molecular flexibility index (Phi) is 6.94. The third kappa shape index (κ3) is 5.29. The zero-order valence-electron chi connectivity index (χ0n) is 15.1. The number of carbonyl (C=O) groups excluding carboxylic acids is 1. The Bertz CT molecular complexity index is 673. The summed E-state index contributed by atoms with van der Waals surface area (Å²) in [6.45, 7) is 5.11. The minimum absolute atomic E-state index is 0.0359. The summed E-state index contributed by atoms with van der Waals surface area (Å²) in [5.74, 6) is 0.0537. The Morgan fingerprint density at radius 2 is 2.16 bits per heavy atom. The fourth-order valence-corrected chi connectivity index (χ4v) is 2.37. The summed E-state index contributed by atoms with van der Waals surface area (Å²) >= 11 is 0. The molecule has 0 fully saturated rings. The van der Waals surface area contributed by atoms with Gasteiger partial charge in [-0.05, 0) is 45.3 Å². The molecule has 7 heteroatoms. The van der Waals surface area contributed by atoms with E-state index in [4.69, 9.17) is 13.9 Å². The molecule has 0 aliphatic heterocycles. The van der Waals surface area contributed by atoms with Crippen LogP contribution < -0.4 is 10.1 Å². The smallest absolute Gasteiger partial charge is 0.376 e. The quantitative estimate of drug-likeness (QED) is 0.551. The molecule has 0 aromatic carbocycles. The summed E-state index contributed by atoms with van der Waals surface area (Å²) in [4.78, 5) is 20.3. The van der Waals surface area contributed by atoms with Gasteiger partial charge in [0.15, 0.2) is 0 Å². The number of hydrogen-bond donors (Lipinski definition) is 1. The summed E-state index contributed by atoms with van der Waals surface area (Å²) in [5, 5.41) is 3.14. The maximum Gasteiger partial charge on any atom is 0.376 e. The van der Waals surface area contributed by atoms with E-state index in [-0.39, 0.29) is 11.9 Å². The van der Waals surface area contributed by atoms with E-state index < -0.39 is 5.97 Å². The number of hydrogen-bond acceptors (Lipinski definition) is 7. The monoisotopic (exact) mass is 347 g/mol. The molecule has 0 unspecified atom stereocenters. The van der Waals surface area contributed by atoms with Gasteiger partial charge >= 0.3 is 5.97 Å². The SMILES string of the molecule is CNCCC[C@H](C)[C@H](C)Oc1cc(-c2ccoc2)nc(C(=O)OC)n1. The molecule has 2 atom stereocenters. The second-order valence-corrected chi connectivity index (χ2v) is 5.96. The first kappa shape index (κ1) is 18.9. The largest absolute Gasteiger partial charge is 0.474 e. The maximum absolute atomic E-state index is 11.8. The fourth-order valence-electron chi connectivity index (χ4n) is 2.37.